The predicted molar refractivity (Wildman–Crippen MR) is 65.2 cm³/mol. The maximum Gasteiger partial charge on any atom is 0.122 e. The minimum atomic E-state index is 0.447. The van der Waals surface area contributed by atoms with Crippen LogP contribution in [-0.2, 0) is 0 Å². The van der Waals surface area contributed by atoms with Gasteiger partial charge in [-0.1, -0.05) is 13.8 Å². The normalized spacial score (nSPS) is 14.9. The molecule has 0 spiro atoms. The molecule has 0 atom stereocenters. The monoisotopic (exact) mass is 207 g/mol. The van der Waals surface area contributed by atoms with Crippen molar-refractivity contribution in [1.29, 1.82) is 0 Å². The zero-order valence-electron chi connectivity index (χ0n) is 9.92. The van der Waals surface area contributed by atoms with Gasteiger partial charge >= 0.3 is 0 Å². The first-order valence-corrected chi connectivity index (χ1v) is 5.78. The van der Waals surface area contributed by atoms with Crippen molar-refractivity contribution in [1.82, 2.24) is 0 Å². The fourth-order valence-electron chi connectivity index (χ4n) is 1.47. The quantitative estimate of drug-likeness (QED) is 0.753. The van der Waals surface area contributed by atoms with Gasteiger partial charge in [-0.05, 0) is 49.9 Å². The molecule has 0 amide bonds. The number of hydrogen-bond acceptors (Lipinski definition) is 2. The summed E-state index contributed by atoms with van der Waals surface area (Å²) in [5.74, 6) is 0.985. The van der Waals surface area contributed by atoms with E-state index >= 15 is 0 Å². The maximum absolute atomic E-state index is 5.78. The minimum Gasteiger partial charge on any atom is -0.490 e. The molecule has 1 saturated carbocycles. The van der Waals surface area contributed by atoms with Gasteiger partial charge in [0.25, 0.3) is 0 Å². The fourth-order valence-corrected chi connectivity index (χ4v) is 1.47. The summed E-state index contributed by atoms with van der Waals surface area (Å²) >= 11 is 0. The Hall–Kier alpha value is -1.18. The van der Waals surface area contributed by atoms with Gasteiger partial charge < -0.3 is 10.5 Å². The molecule has 0 aromatic heterocycles. The number of ether oxygens (including phenoxy) is 1. The molecule has 1 aromatic carbocycles. The molecule has 1 aliphatic carbocycles. The fraction of sp³-hybridized carbons (Fsp3) is 0.538. The number of nitrogens with two attached hydrogens (primary N) is 1. The average molecular weight is 207 g/mol. The Morgan fingerprint density at radius 2 is 1.93 bits per heavy atom. The van der Waals surface area contributed by atoms with Crippen LogP contribution in [0, 0.1) is 6.92 Å². The molecule has 84 valence electrons. The SMILES string of the molecule is CC.Cc1cc(N)ccc1OC1CCC1. The third-order valence-electron chi connectivity index (χ3n) is 2.54. The van der Waals surface area contributed by atoms with Crippen molar-refractivity contribution >= 4 is 5.69 Å². The van der Waals surface area contributed by atoms with Gasteiger partial charge in [0.15, 0.2) is 0 Å². The van der Waals surface area contributed by atoms with Crippen molar-refractivity contribution < 1.29 is 4.74 Å². The molecule has 0 heterocycles. The van der Waals surface area contributed by atoms with Crippen LogP contribution in [0.1, 0.15) is 38.7 Å². The van der Waals surface area contributed by atoms with Gasteiger partial charge in [-0.3, -0.25) is 0 Å². The number of nitrogen functional groups attached to an aromatic ring is 1. The van der Waals surface area contributed by atoms with Gasteiger partial charge in [0, 0.05) is 5.69 Å². The van der Waals surface area contributed by atoms with E-state index in [1.165, 1.54) is 19.3 Å². The Morgan fingerprint density at radius 1 is 1.27 bits per heavy atom. The van der Waals surface area contributed by atoms with E-state index in [0.717, 1.165) is 17.0 Å². The Bertz CT molecular complexity index is 305. The molecule has 2 nitrogen and oxygen atoms in total. The Labute approximate surface area is 92.4 Å². The lowest BCUT2D eigenvalue weighted by Crippen LogP contribution is -2.24. The average Bonchev–Trinajstić information content (AvgIpc) is 2.17. The van der Waals surface area contributed by atoms with Crippen LogP contribution in [0.25, 0.3) is 0 Å². The van der Waals surface area contributed by atoms with Crippen molar-refractivity contribution in [3.8, 4) is 5.75 Å². The summed E-state index contributed by atoms with van der Waals surface area (Å²) in [6, 6.07) is 5.80. The van der Waals surface area contributed by atoms with E-state index in [0.29, 0.717) is 6.10 Å². The Kier molecular flexibility index (Phi) is 4.47. The highest BCUT2D eigenvalue weighted by Crippen LogP contribution is 2.28. The highest BCUT2D eigenvalue weighted by molar-refractivity contribution is 5.47. The second-order valence-electron chi connectivity index (χ2n) is 3.70. The molecule has 2 rings (SSSR count). The molecule has 0 bridgehead atoms. The van der Waals surface area contributed by atoms with E-state index in [1.807, 2.05) is 39.0 Å². The molecule has 0 saturated heterocycles. The molecule has 0 radical (unpaired) electrons. The van der Waals surface area contributed by atoms with Gasteiger partial charge in [0.05, 0.1) is 6.10 Å². The van der Waals surface area contributed by atoms with E-state index in [-0.39, 0.29) is 0 Å². The summed E-state index contributed by atoms with van der Waals surface area (Å²) in [6.07, 6.45) is 4.15. The molecule has 15 heavy (non-hydrogen) atoms. The highest BCUT2D eigenvalue weighted by Gasteiger charge is 2.19. The third-order valence-corrected chi connectivity index (χ3v) is 2.54. The van der Waals surface area contributed by atoms with Crippen molar-refractivity contribution in [3.63, 3.8) is 0 Å². The van der Waals surface area contributed by atoms with E-state index < -0.39 is 0 Å². The van der Waals surface area contributed by atoms with Crippen LogP contribution in [0.5, 0.6) is 5.75 Å². The largest absolute Gasteiger partial charge is 0.490 e. The maximum atomic E-state index is 5.78. The van der Waals surface area contributed by atoms with Crippen LogP contribution in [0.15, 0.2) is 18.2 Å². The first kappa shape index (κ1) is 11.9. The Balaban J connectivity index is 0.000000531. The lowest BCUT2D eigenvalue weighted by Gasteiger charge is -2.27. The van der Waals surface area contributed by atoms with Crippen LogP contribution in [-0.4, -0.2) is 6.10 Å². The summed E-state index contributed by atoms with van der Waals surface area (Å²) in [4.78, 5) is 0. The molecule has 2 N–H and O–H groups in total. The van der Waals surface area contributed by atoms with Gasteiger partial charge in [-0.25, -0.2) is 0 Å². The number of anilines is 1. The number of rotatable bonds is 2. The Morgan fingerprint density at radius 3 is 2.40 bits per heavy atom. The van der Waals surface area contributed by atoms with E-state index in [9.17, 15) is 0 Å². The second kappa shape index (κ2) is 5.64. The smallest absolute Gasteiger partial charge is 0.122 e. The number of benzene rings is 1. The van der Waals surface area contributed by atoms with E-state index in [2.05, 4.69) is 0 Å². The summed E-state index contributed by atoms with van der Waals surface area (Å²) < 4.78 is 5.78. The van der Waals surface area contributed by atoms with Crippen LogP contribution in [0.2, 0.25) is 0 Å². The van der Waals surface area contributed by atoms with Crippen LogP contribution < -0.4 is 10.5 Å². The van der Waals surface area contributed by atoms with Crippen molar-refractivity contribution in [3.05, 3.63) is 23.8 Å². The van der Waals surface area contributed by atoms with E-state index in [1.54, 1.807) is 0 Å². The van der Waals surface area contributed by atoms with Gasteiger partial charge in [0.2, 0.25) is 0 Å². The lowest BCUT2D eigenvalue weighted by molar-refractivity contribution is 0.119. The molecule has 0 unspecified atom stereocenters. The second-order valence-corrected chi connectivity index (χ2v) is 3.70. The molecule has 1 aromatic rings. The first-order chi connectivity index (χ1) is 7.25. The summed E-state index contributed by atoms with van der Waals surface area (Å²) in [5, 5.41) is 0. The van der Waals surface area contributed by atoms with Gasteiger partial charge in [-0.2, -0.15) is 0 Å². The topological polar surface area (TPSA) is 35.2 Å². The van der Waals surface area contributed by atoms with Gasteiger partial charge in [-0.15, -0.1) is 0 Å². The van der Waals surface area contributed by atoms with Crippen LogP contribution in [0.4, 0.5) is 5.69 Å². The zero-order valence-corrected chi connectivity index (χ0v) is 9.92. The molecule has 0 aliphatic heterocycles. The molecule has 2 heteroatoms. The summed E-state index contributed by atoms with van der Waals surface area (Å²) in [6.45, 7) is 6.03. The summed E-state index contributed by atoms with van der Waals surface area (Å²) in [7, 11) is 0. The molecular weight excluding hydrogens is 186 g/mol. The van der Waals surface area contributed by atoms with Crippen molar-refractivity contribution in [2.45, 2.75) is 46.1 Å². The molecular formula is C13H21NO. The first-order valence-electron chi connectivity index (χ1n) is 5.78. The predicted octanol–water partition coefficient (Wildman–Crippen LogP) is 3.53. The molecule has 1 fully saturated rings. The third kappa shape index (κ3) is 3.15. The van der Waals surface area contributed by atoms with Crippen molar-refractivity contribution in [2.75, 3.05) is 5.73 Å². The molecule has 1 aliphatic rings. The van der Waals surface area contributed by atoms with Crippen LogP contribution in [0.3, 0.4) is 0 Å². The zero-order chi connectivity index (χ0) is 11.3. The lowest BCUT2D eigenvalue weighted by atomic mass is 9.96. The number of aryl methyl sites for hydroxylation is 1. The number of hydrogen-bond donors (Lipinski definition) is 1. The van der Waals surface area contributed by atoms with E-state index in [4.69, 9.17) is 10.5 Å². The summed E-state index contributed by atoms with van der Waals surface area (Å²) in [5.41, 5.74) is 7.58. The van der Waals surface area contributed by atoms with Gasteiger partial charge in [0.1, 0.15) is 5.75 Å². The van der Waals surface area contributed by atoms with Crippen LogP contribution >= 0.6 is 0 Å². The standard InChI is InChI=1S/C11H15NO.C2H6/c1-8-7-9(12)5-6-11(8)13-10-3-2-4-10;1-2/h5-7,10H,2-4,12H2,1H3;1-2H3. The van der Waals surface area contributed by atoms with Crippen molar-refractivity contribution in [2.24, 2.45) is 0 Å². The minimum absolute atomic E-state index is 0.447. The highest BCUT2D eigenvalue weighted by atomic mass is 16.5.